The smallest absolute Gasteiger partial charge is 0.376 e. The van der Waals surface area contributed by atoms with E-state index in [1.165, 1.54) is 12.8 Å². The summed E-state index contributed by atoms with van der Waals surface area (Å²) in [5.41, 5.74) is 0. The zero-order valence-corrected chi connectivity index (χ0v) is 18.8. The lowest BCUT2D eigenvalue weighted by atomic mass is 10.2. The van der Waals surface area contributed by atoms with E-state index in [0.717, 1.165) is 51.7 Å². The predicted octanol–water partition coefficient (Wildman–Crippen LogP) is 2.22. The Hall–Kier alpha value is -0.0231. The minimum Gasteiger partial charge on any atom is -0.376 e. The maximum Gasteiger partial charge on any atom is 0.514 e. The average Bonchev–Trinajstić information content (AvgIpc) is 2.62. The Bertz CT molecular complexity index is 299. The van der Waals surface area contributed by atoms with Crippen molar-refractivity contribution in [3.63, 3.8) is 0 Å². The van der Waals surface area contributed by atoms with Gasteiger partial charge in [-0.05, 0) is 72.4 Å². The molecule has 1 atom stereocenters. The molecule has 0 aliphatic carbocycles. The van der Waals surface area contributed by atoms with E-state index in [1.807, 2.05) is 0 Å². The molecule has 0 radical (unpaired) electrons. The van der Waals surface area contributed by atoms with Crippen molar-refractivity contribution in [2.45, 2.75) is 52.5 Å². The predicted molar refractivity (Wildman–Crippen MR) is 108 cm³/mol. The number of hydrogen-bond donors (Lipinski definition) is 1. The van der Waals surface area contributed by atoms with Crippen molar-refractivity contribution in [2.24, 2.45) is 0 Å². The summed E-state index contributed by atoms with van der Waals surface area (Å²) < 4.78 is 16.9. The van der Waals surface area contributed by atoms with Crippen LogP contribution < -0.4 is 5.32 Å². The first-order valence-corrected chi connectivity index (χ1v) is 11.7. The maximum atomic E-state index is 5.62. The molecule has 25 heavy (non-hydrogen) atoms. The molecule has 0 aromatic carbocycles. The van der Waals surface area contributed by atoms with Gasteiger partial charge in [0.2, 0.25) is 0 Å². The Morgan fingerprint density at radius 3 is 2.04 bits per heavy atom. The Morgan fingerprint density at radius 1 is 0.920 bits per heavy atom. The Morgan fingerprint density at radius 2 is 1.52 bits per heavy atom. The van der Waals surface area contributed by atoms with Crippen LogP contribution in [0.25, 0.3) is 0 Å². The highest BCUT2D eigenvalue weighted by atomic mass is 28.4. The SMILES string of the molecule is CCCN(C)CCCN(CCCNC(C)CC)C[Si](OC)(OC)OC. The van der Waals surface area contributed by atoms with Gasteiger partial charge in [0.05, 0.1) is 6.17 Å². The first kappa shape index (κ1) is 25.0. The zero-order valence-electron chi connectivity index (χ0n) is 17.8. The lowest BCUT2D eigenvalue weighted by molar-refractivity contribution is 0.101. The first-order chi connectivity index (χ1) is 12.0. The van der Waals surface area contributed by atoms with E-state index in [9.17, 15) is 0 Å². The topological polar surface area (TPSA) is 46.2 Å². The maximum absolute atomic E-state index is 5.62. The monoisotopic (exact) mass is 377 g/mol. The second-order valence-corrected chi connectivity index (χ2v) is 9.75. The molecular weight excluding hydrogens is 334 g/mol. The molecule has 6 nitrogen and oxygen atoms in total. The van der Waals surface area contributed by atoms with Gasteiger partial charge in [-0.3, -0.25) is 4.90 Å². The Balaban J connectivity index is 4.48. The minimum atomic E-state index is -2.57. The molecule has 0 rings (SSSR count). The molecule has 7 heteroatoms. The molecule has 0 aliphatic rings. The summed E-state index contributed by atoms with van der Waals surface area (Å²) in [7, 11) is 4.70. The van der Waals surface area contributed by atoms with Crippen molar-refractivity contribution in [1.82, 2.24) is 15.1 Å². The van der Waals surface area contributed by atoms with Crippen molar-refractivity contribution >= 4 is 8.80 Å². The van der Waals surface area contributed by atoms with Gasteiger partial charge in [-0.25, -0.2) is 0 Å². The molecule has 0 fully saturated rings. The lowest BCUT2D eigenvalue weighted by Gasteiger charge is -2.31. The number of rotatable bonds is 17. The fourth-order valence-electron chi connectivity index (χ4n) is 2.84. The van der Waals surface area contributed by atoms with Crippen LogP contribution in [0.2, 0.25) is 0 Å². The third-order valence-corrected chi connectivity index (χ3v) is 7.43. The van der Waals surface area contributed by atoms with Crippen molar-refractivity contribution < 1.29 is 13.3 Å². The molecule has 152 valence electrons. The van der Waals surface area contributed by atoms with Crippen LogP contribution in [0.5, 0.6) is 0 Å². The number of hydrogen-bond acceptors (Lipinski definition) is 6. The molecule has 1 N–H and O–H groups in total. The van der Waals surface area contributed by atoms with Gasteiger partial charge >= 0.3 is 8.80 Å². The van der Waals surface area contributed by atoms with E-state index in [2.05, 4.69) is 42.9 Å². The minimum absolute atomic E-state index is 0.585. The van der Waals surface area contributed by atoms with Crippen LogP contribution in [0, 0.1) is 0 Å². The second-order valence-electron chi connectivity index (χ2n) is 6.85. The quantitative estimate of drug-likeness (QED) is 0.310. The molecule has 0 spiro atoms. The van der Waals surface area contributed by atoms with Crippen LogP contribution in [0.4, 0.5) is 0 Å². The van der Waals surface area contributed by atoms with Crippen LogP contribution in [0.3, 0.4) is 0 Å². The second kappa shape index (κ2) is 15.1. The zero-order chi connectivity index (χ0) is 19.1. The molecule has 0 saturated carbocycles. The van der Waals surface area contributed by atoms with E-state index in [1.54, 1.807) is 21.3 Å². The van der Waals surface area contributed by atoms with E-state index >= 15 is 0 Å². The third kappa shape index (κ3) is 11.3. The van der Waals surface area contributed by atoms with Gasteiger partial charge in [-0.2, -0.15) is 0 Å². The van der Waals surface area contributed by atoms with Crippen LogP contribution in [0.15, 0.2) is 0 Å². The van der Waals surface area contributed by atoms with Gasteiger partial charge in [0.25, 0.3) is 0 Å². The van der Waals surface area contributed by atoms with Crippen LogP contribution in [-0.4, -0.2) is 91.9 Å². The van der Waals surface area contributed by atoms with Gasteiger partial charge < -0.3 is 23.5 Å². The Labute approximate surface area is 157 Å². The fraction of sp³-hybridized carbons (Fsp3) is 1.00. The molecule has 0 heterocycles. The third-order valence-electron chi connectivity index (χ3n) is 4.73. The van der Waals surface area contributed by atoms with Crippen molar-refractivity contribution in [3.8, 4) is 0 Å². The Kier molecular flexibility index (Phi) is 15.1. The largest absolute Gasteiger partial charge is 0.514 e. The van der Waals surface area contributed by atoms with E-state index in [0.29, 0.717) is 6.04 Å². The van der Waals surface area contributed by atoms with Crippen molar-refractivity contribution in [2.75, 3.05) is 67.3 Å². The summed E-state index contributed by atoms with van der Waals surface area (Å²) in [6, 6.07) is 0.585. The summed E-state index contributed by atoms with van der Waals surface area (Å²) in [6.45, 7) is 12.1. The molecule has 0 saturated heterocycles. The van der Waals surface area contributed by atoms with Gasteiger partial charge in [0.15, 0.2) is 0 Å². The first-order valence-electron chi connectivity index (χ1n) is 9.76. The molecule has 0 aromatic rings. The summed E-state index contributed by atoms with van der Waals surface area (Å²) in [6.07, 6.45) is 5.39. The molecule has 1 unspecified atom stereocenters. The highest BCUT2D eigenvalue weighted by Crippen LogP contribution is 2.10. The highest BCUT2D eigenvalue weighted by molar-refractivity contribution is 6.60. The van der Waals surface area contributed by atoms with Crippen LogP contribution >= 0.6 is 0 Å². The molecular formula is C18H43N3O3Si. The van der Waals surface area contributed by atoms with Gasteiger partial charge in [-0.1, -0.05) is 13.8 Å². The van der Waals surface area contributed by atoms with E-state index in [-0.39, 0.29) is 0 Å². The van der Waals surface area contributed by atoms with E-state index < -0.39 is 8.80 Å². The summed E-state index contributed by atoms with van der Waals surface area (Å²) in [5.74, 6) is 0. The van der Waals surface area contributed by atoms with Gasteiger partial charge in [-0.15, -0.1) is 0 Å². The van der Waals surface area contributed by atoms with E-state index in [4.69, 9.17) is 13.3 Å². The summed E-state index contributed by atoms with van der Waals surface area (Å²) >= 11 is 0. The fourth-order valence-corrected chi connectivity index (χ4v) is 4.59. The summed E-state index contributed by atoms with van der Waals surface area (Å²) in [4.78, 5) is 4.84. The molecule has 0 aliphatic heterocycles. The standard InChI is InChI=1S/C18H43N3O3Si/c1-8-13-20(4)14-11-16-21(15-10-12-19-18(3)9-2)17-25(22-5,23-6)24-7/h18-19H,8-17H2,1-7H3. The number of nitrogens with one attached hydrogen (secondary N) is 1. The molecule has 0 amide bonds. The molecule has 0 aromatic heterocycles. The lowest BCUT2D eigenvalue weighted by Crippen LogP contribution is -2.54. The van der Waals surface area contributed by atoms with Crippen LogP contribution in [-0.2, 0) is 13.3 Å². The van der Waals surface area contributed by atoms with Gasteiger partial charge in [0, 0.05) is 27.4 Å². The normalized spacial score (nSPS) is 13.8. The van der Waals surface area contributed by atoms with Crippen LogP contribution in [0.1, 0.15) is 46.5 Å². The average molecular weight is 378 g/mol. The van der Waals surface area contributed by atoms with Gasteiger partial charge in [0.1, 0.15) is 0 Å². The van der Waals surface area contributed by atoms with Crippen molar-refractivity contribution in [3.05, 3.63) is 0 Å². The summed E-state index contributed by atoms with van der Waals surface area (Å²) in [5, 5.41) is 3.57. The molecule has 0 bridgehead atoms. The van der Waals surface area contributed by atoms with Crippen molar-refractivity contribution in [1.29, 1.82) is 0 Å². The number of nitrogens with zero attached hydrogens (tertiary/aromatic N) is 2. The highest BCUT2D eigenvalue weighted by Gasteiger charge is 2.39.